The van der Waals surface area contributed by atoms with Gasteiger partial charge in [0.05, 0.1) is 0 Å². The van der Waals surface area contributed by atoms with Crippen LogP contribution in [0.1, 0.15) is 21.6 Å². The third-order valence-electron chi connectivity index (χ3n) is 3.89. The molecule has 1 aliphatic rings. The van der Waals surface area contributed by atoms with Crippen LogP contribution >= 0.6 is 11.3 Å². The van der Waals surface area contributed by atoms with E-state index in [1.807, 2.05) is 11.3 Å². The molecule has 0 atom stereocenters. The maximum Gasteiger partial charge on any atom is 0.00891 e. The zero-order valence-corrected chi connectivity index (χ0v) is 11.4. The topological polar surface area (TPSA) is 0 Å². The molecule has 0 radical (unpaired) electrons. The van der Waals surface area contributed by atoms with Gasteiger partial charge in [-0.1, -0.05) is 48.5 Å². The summed E-state index contributed by atoms with van der Waals surface area (Å²) < 4.78 is 0. The quantitative estimate of drug-likeness (QED) is 0.481. The third kappa shape index (κ3) is 1.82. The predicted molar refractivity (Wildman–Crippen MR) is 81.8 cm³/mol. The van der Waals surface area contributed by atoms with Crippen molar-refractivity contribution in [1.29, 1.82) is 0 Å². The zero-order valence-electron chi connectivity index (χ0n) is 10.6. The number of hydrogen-bond acceptors (Lipinski definition) is 1. The Morgan fingerprint density at radius 2 is 1.74 bits per heavy atom. The van der Waals surface area contributed by atoms with Crippen molar-refractivity contribution < 1.29 is 0 Å². The van der Waals surface area contributed by atoms with Crippen molar-refractivity contribution >= 4 is 11.3 Å². The molecule has 1 aliphatic carbocycles. The van der Waals surface area contributed by atoms with E-state index in [1.165, 1.54) is 32.7 Å². The molecule has 1 heterocycles. The van der Waals surface area contributed by atoms with Crippen molar-refractivity contribution in [2.45, 2.75) is 12.8 Å². The van der Waals surface area contributed by atoms with E-state index in [9.17, 15) is 0 Å². The van der Waals surface area contributed by atoms with Gasteiger partial charge in [-0.05, 0) is 45.7 Å². The van der Waals surface area contributed by atoms with Gasteiger partial charge in [0.15, 0.2) is 0 Å². The lowest BCUT2D eigenvalue weighted by molar-refractivity contribution is 1.14. The molecule has 2 aromatic carbocycles. The monoisotopic (exact) mass is 262 g/mol. The predicted octanol–water partition coefficient (Wildman–Crippen LogP) is 4.91. The lowest BCUT2D eigenvalue weighted by Gasteiger charge is -2.07. The van der Waals surface area contributed by atoms with Crippen molar-refractivity contribution in [3.05, 3.63) is 81.5 Å². The summed E-state index contributed by atoms with van der Waals surface area (Å²) in [6.07, 6.45) is 2.15. The van der Waals surface area contributed by atoms with Crippen molar-refractivity contribution in [2.24, 2.45) is 0 Å². The average Bonchev–Trinajstić information content (AvgIpc) is 3.06. The molecule has 0 aliphatic heterocycles. The van der Waals surface area contributed by atoms with Gasteiger partial charge < -0.3 is 0 Å². The molecule has 0 N–H and O–H groups in total. The maximum absolute atomic E-state index is 2.28. The molecule has 0 amide bonds. The highest BCUT2D eigenvalue weighted by molar-refractivity contribution is 7.09. The Kier molecular flexibility index (Phi) is 2.52. The molecule has 4 rings (SSSR count). The van der Waals surface area contributed by atoms with Gasteiger partial charge in [0, 0.05) is 11.3 Å². The minimum atomic E-state index is 1.06. The molecule has 19 heavy (non-hydrogen) atoms. The van der Waals surface area contributed by atoms with Crippen LogP contribution in [0.25, 0.3) is 11.1 Å². The molecule has 0 saturated heterocycles. The van der Waals surface area contributed by atoms with Gasteiger partial charge in [-0.3, -0.25) is 0 Å². The number of fused-ring (bicyclic) bond motifs is 3. The third-order valence-corrected chi connectivity index (χ3v) is 4.77. The van der Waals surface area contributed by atoms with E-state index in [4.69, 9.17) is 0 Å². The van der Waals surface area contributed by atoms with Crippen LogP contribution in [0.2, 0.25) is 0 Å². The smallest absolute Gasteiger partial charge is 0.00891 e. The molecule has 1 aromatic heterocycles. The van der Waals surface area contributed by atoms with Crippen LogP contribution in [-0.4, -0.2) is 0 Å². The second kappa shape index (κ2) is 4.36. The number of thiophene rings is 1. The number of benzene rings is 2. The fraction of sp³-hybridized carbons (Fsp3) is 0.111. The summed E-state index contributed by atoms with van der Waals surface area (Å²) >= 11 is 1.85. The Hall–Kier alpha value is -1.86. The van der Waals surface area contributed by atoms with Crippen LogP contribution < -0.4 is 0 Å². The minimum Gasteiger partial charge on any atom is -0.149 e. The molecule has 0 unspecified atom stereocenters. The van der Waals surface area contributed by atoms with Gasteiger partial charge in [-0.25, -0.2) is 0 Å². The minimum absolute atomic E-state index is 1.06. The first kappa shape index (κ1) is 11.0. The molecule has 1 heteroatoms. The molecule has 0 saturated carbocycles. The zero-order chi connectivity index (χ0) is 12.7. The Morgan fingerprint density at radius 1 is 0.842 bits per heavy atom. The van der Waals surface area contributed by atoms with Gasteiger partial charge in [-0.2, -0.15) is 0 Å². The van der Waals surface area contributed by atoms with E-state index in [2.05, 4.69) is 60.0 Å². The van der Waals surface area contributed by atoms with Crippen LogP contribution in [0, 0.1) is 0 Å². The summed E-state index contributed by atoms with van der Waals surface area (Å²) in [5, 5.41) is 2.16. The summed E-state index contributed by atoms with van der Waals surface area (Å²) in [6, 6.07) is 19.9. The molecular formula is C18H14S. The van der Waals surface area contributed by atoms with Crippen molar-refractivity contribution in [1.82, 2.24) is 0 Å². The molecule has 0 nitrogen and oxygen atoms in total. The highest BCUT2D eigenvalue weighted by atomic mass is 32.1. The number of hydrogen-bond donors (Lipinski definition) is 0. The lowest BCUT2D eigenvalue weighted by Crippen LogP contribution is -1.92. The number of rotatable bonds is 2. The maximum atomic E-state index is 2.28. The molecule has 92 valence electrons. The van der Waals surface area contributed by atoms with Gasteiger partial charge >= 0.3 is 0 Å². The molecule has 3 aromatic rings. The lowest BCUT2D eigenvalue weighted by atomic mass is 9.99. The Balaban J connectivity index is 1.81. The molecule has 0 spiro atoms. The second-order valence-electron chi connectivity index (χ2n) is 5.03. The van der Waals surface area contributed by atoms with E-state index in [0.717, 1.165) is 12.8 Å². The highest BCUT2D eigenvalue weighted by Gasteiger charge is 2.20. The summed E-state index contributed by atoms with van der Waals surface area (Å²) in [4.78, 5) is 1.45. The van der Waals surface area contributed by atoms with Gasteiger partial charge in [0.2, 0.25) is 0 Å². The highest BCUT2D eigenvalue weighted by Crippen LogP contribution is 2.38. The van der Waals surface area contributed by atoms with Crippen molar-refractivity contribution in [2.75, 3.05) is 0 Å². The molecular weight excluding hydrogens is 248 g/mol. The average molecular weight is 262 g/mol. The van der Waals surface area contributed by atoms with Crippen LogP contribution in [0.3, 0.4) is 0 Å². The Labute approximate surface area is 117 Å². The summed E-state index contributed by atoms with van der Waals surface area (Å²) in [5.41, 5.74) is 7.33. The van der Waals surface area contributed by atoms with Crippen LogP contribution in [0.15, 0.2) is 60.0 Å². The Morgan fingerprint density at radius 3 is 2.63 bits per heavy atom. The van der Waals surface area contributed by atoms with Crippen molar-refractivity contribution in [3.63, 3.8) is 0 Å². The van der Waals surface area contributed by atoms with Crippen LogP contribution in [0.5, 0.6) is 0 Å². The summed E-state index contributed by atoms with van der Waals surface area (Å²) in [7, 11) is 0. The fourth-order valence-electron chi connectivity index (χ4n) is 2.99. The van der Waals surface area contributed by atoms with E-state index in [-0.39, 0.29) is 0 Å². The summed E-state index contributed by atoms with van der Waals surface area (Å²) in [6.45, 7) is 0. The SMILES string of the molecule is c1csc(Cc2cccc3c2Cc2ccccc2-3)c1. The van der Waals surface area contributed by atoms with Gasteiger partial charge in [-0.15, -0.1) is 11.3 Å². The Bertz CT molecular complexity index is 723. The van der Waals surface area contributed by atoms with E-state index in [1.54, 1.807) is 0 Å². The van der Waals surface area contributed by atoms with Gasteiger partial charge in [0.1, 0.15) is 0 Å². The van der Waals surface area contributed by atoms with Gasteiger partial charge in [0.25, 0.3) is 0 Å². The standard InChI is InChI=1S/C18H14S/c1-2-8-16-14(5-1)12-18-13(6-3-9-17(16)18)11-15-7-4-10-19-15/h1-10H,11-12H2. The molecule has 0 bridgehead atoms. The molecule has 0 fully saturated rings. The fourth-order valence-corrected chi connectivity index (χ4v) is 3.72. The second-order valence-corrected chi connectivity index (χ2v) is 6.07. The summed E-state index contributed by atoms with van der Waals surface area (Å²) in [5.74, 6) is 0. The van der Waals surface area contributed by atoms with Crippen LogP contribution in [-0.2, 0) is 12.8 Å². The normalized spacial score (nSPS) is 12.2. The first-order chi connectivity index (χ1) is 9.42. The van der Waals surface area contributed by atoms with E-state index < -0.39 is 0 Å². The van der Waals surface area contributed by atoms with Crippen molar-refractivity contribution in [3.8, 4) is 11.1 Å². The first-order valence-corrected chi connectivity index (χ1v) is 7.51. The van der Waals surface area contributed by atoms with E-state index >= 15 is 0 Å². The van der Waals surface area contributed by atoms with Crippen LogP contribution in [0.4, 0.5) is 0 Å². The van der Waals surface area contributed by atoms with E-state index in [0.29, 0.717) is 0 Å². The largest absolute Gasteiger partial charge is 0.149 e. The first-order valence-electron chi connectivity index (χ1n) is 6.63.